The van der Waals surface area contributed by atoms with Crippen molar-refractivity contribution in [3.8, 4) is 5.75 Å². The first kappa shape index (κ1) is 12.0. The molecule has 84 valence electrons. The minimum Gasteiger partial charge on any atom is -0.491 e. The van der Waals surface area contributed by atoms with Crippen molar-refractivity contribution in [3.05, 3.63) is 29.8 Å². The van der Waals surface area contributed by atoms with Crippen LogP contribution in [-0.2, 0) is 14.5 Å². The van der Waals surface area contributed by atoms with Crippen LogP contribution in [0, 0.1) is 6.92 Å². The van der Waals surface area contributed by atoms with Gasteiger partial charge in [-0.05, 0) is 19.1 Å². The molecule has 0 aliphatic carbocycles. The minimum atomic E-state index is -3.87. The Balaban J connectivity index is 2.29. The summed E-state index contributed by atoms with van der Waals surface area (Å²) in [5, 5.41) is 4.63. The summed E-state index contributed by atoms with van der Waals surface area (Å²) in [5.41, 5.74) is 1.13. The van der Waals surface area contributed by atoms with E-state index in [1.54, 1.807) is 12.1 Å². The second-order valence-corrected chi connectivity index (χ2v) is 4.20. The molecule has 5 nitrogen and oxygen atoms in total. The smallest absolute Gasteiger partial charge is 0.333 e. The van der Waals surface area contributed by atoms with Gasteiger partial charge in [-0.1, -0.05) is 17.7 Å². The number of benzene rings is 1. The summed E-state index contributed by atoms with van der Waals surface area (Å²) < 4.78 is 30.3. The van der Waals surface area contributed by atoms with Crippen molar-refractivity contribution in [2.75, 3.05) is 13.2 Å². The van der Waals surface area contributed by atoms with Gasteiger partial charge in [0.05, 0.1) is 0 Å². The molecule has 0 spiro atoms. The van der Waals surface area contributed by atoms with E-state index >= 15 is 0 Å². The Morgan fingerprint density at radius 3 is 2.33 bits per heavy atom. The summed E-state index contributed by atoms with van der Waals surface area (Å²) >= 11 is 0. The molecule has 0 atom stereocenters. The number of ether oxygens (including phenoxy) is 1. The average molecular weight is 231 g/mol. The topological polar surface area (TPSA) is 78.6 Å². The van der Waals surface area contributed by atoms with Crippen LogP contribution >= 0.6 is 0 Å². The van der Waals surface area contributed by atoms with Gasteiger partial charge in [-0.15, -0.1) is 0 Å². The van der Waals surface area contributed by atoms with E-state index in [9.17, 15) is 8.42 Å². The van der Waals surface area contributed by atoms with E-state index in [-0.39, 0.29) is 13.2 Å². The standard InChI is InChI=1S/C9H13NO4S/c1-8-2-4-9(5-3-8)13-6-7-14-15(10,11)12/h2-5H,6-7H2,1H3,(H2,10,11,12). The molecule has 0 bridgehead atoms. The number of aryl methyl sites for hydroxylation is 1. The summed E-state index contributed by atoms with van der Waals surface area (Å²) in [7, 11) is -3.87. The third-order valence-corrected chi connectivity index (χ3v) is 2.12. The molecule has 0 amide bonds. The summed E-state index contributed by atoms with van der Waals surface area (Å²) in [6.45, 7) is 2.01. The highest BCUT2D eigenvalue weighted by atomic mass is 32.2. The Bertz CT molecular complexity index is 399. The molecular weight excluding hydrogens is 218 g/mol. The van der Waals surface area contributed by atoms with Crippen molar-refractivity contribution < 1.29 is 17.3 Å². The molecule has 0 fully saturated rings. The first-order valence-corrected chi connectivity index (χ1v) is 5.81. The van der Waals surface area contributed by atoms with Crippen LogP contribution in [0.15, 0.2) is 24.3 Å². The van der Waals surface area contributed by atoms with Crippen LogP contribution in [0.25, 0.3) is 0 Å². The molecule has 1 rings (SSSR count). The lowest BCUT2D eigenvalue weighted by atomic mass is 10.2. The average Bonchev–Trinajstić information content (AvgIpc) is 2.14. The fraction of sp³-hybridized carbons (Fsp3) is 0.333. The Labute approximate surface area is 89.1 Å². The van der Waals surface area contributed by atoms with Crippen LogP contribution in [-0.4, -0.2) is 21.6 Å². The highest BCUT2D eigenvalue weighted by Crippen LogP contribution is 2.10. The molecule has 1 aromatic carbocycles. The highest BCUT2D eigenvalue weighted by Gasteiger charge is 2.01. The lowest BCUT2D eigenvalue weighted by molar-refractivity contribution is 0.221. The normalized spacial score (nSPS) is 11.3. The first-order valence-electron chi connectivity index (χ1n) is 4.34. The first-order chi connectivity index (χ1) is 6.97. The van der Waals surface area contributed by atoms with Gasteiger partial charge in [0.1, 0.15) is 19.0 Å². The molecule has 0 saturated carbocycles. The highest BCUT2D eigenvalue weighted by molar-refractivity contribution is 7.84. The van der Waals surface area contributed by atoms with Gasteiger partial charge in [0.15, 0.2) is 0 Å². The molecule has 0 unspecified atom stereocenters. The molecule has 0 aliphatic heterocycles. The molecule has 0 heterocycles. The molecule has 0 saturated heterocycles. The van der Waals surface area contributed by atoms with Crippen LogP contribution in [0.1, 0.15) is 5.56 Å². The van der Waals surface area contributed by atoms with Crippen LogP contribution in [0.2, 0.25) is 0 Å². The number of nitrogens with two attached hydrogens (primary N) is 1. The zero-order valence-electron chi connectivity index (χ0n) is 8.34. The van der Waals surface area contributed by atoms with E-state index in [2.05, 4.69) is 9.32 Å². The molecule has 1 aromatic rings. The van der Waals surface area contributed by atoms with E-state index in [4.69, 9.17) is 4.74 Å². The van der Waals surface area contributed by atoms with E-state index in [0.717, 1.165) is 5.56 Å². The summed E-state index contributed by atoms with van der Waals surface area (Å²) in [4.78, 5) is 0. The molecule has 0 aliphatic rings. The number of hydrogen-bond acceptors (Lipinski definition) is 4. The zero-order valence-corrected chi connectivity index (χ0v) is 9.16. The fourth-order valence-corrected chi connectivity index (χ4v) is 1.24. The third-order valence-electron chi connectivity index (χ3n) is 1.62. The van der Waals surface area contributed by atoms with Crippen molar-refractivity contribution in [2.24, 2.45) is 5.14 Å². The molecule has 0 radical (unpaired) electrons. The van der Waals surface area contributed by atoms with Crippen LogP contribution < -0.4 is 9.88 Å². The Morgan fingerprint density at radius 2 is 1.80 bits per heavy atom. The molecule has 0 aromatic heterocycles. The van der Waals surface area contributed by atoms with E-state index in [1.165, 1.54) is 0 Å². The monoisotopic (exact) mass is 231 g/mol. The van der Waals surface area contributed by atoms with Crippen LogP contribution in [0.4, 0.5) is 0 Å². The second-order valence-electron chi connectivity index (χ2n) is 2.98. The van der Waals surface area contributed by atoms with Crippen LogP contribution in [0.5, 0.6) is 5.75 Å². The van der Waals surface area contributed by atoms with E-state index in [0.29, 0.717) is 5.75 Å². The summed E-state index contributed by atoms with van der Waals surface area (Å²) in [6, 6.07) is 7.39. The van der Waals surface area contributed by atoms with Gasteiger partial charge >= 0.3 is 10.3 Å². The third kappa shape index (κ3) is 5.36. The van der Waals surface area contributed by atoms with Crippen molar-refractivity contribution >= 4 is 10.3 Å². The number of hydrogen-bond donors (Lipinski definition) is 1. The molecule has 2 N–H and O–H groups in total. The van der Waals surface area contributed by atoms with Gasteiger partial charge in [-0.25, -0.2) is 5.14 Å². The quantitative estimate of drug-likeness (QED) is 0.752. The largest absolute Gasteiger partial charge is 0.491 e. The van der Waals surface area contributed by atoms with Crippen molar-refractivity contribution in [2.45, 2.75) is 6.92 Å². The van der Waals surface area contributed by atoms with Crippen molar-refractivity contribution in [3.63, 3.8) is 0 Å². The minimum absolute atomic E-state index is 0.0906. The SMILES string of the molecule is Cc1ccc(OCCOS(N)(=O)=O)cc1. The summed E-state index contributed by atoms with van der Waals surface area (Å²) in [6.07, 6.45) is 0. The maximum Gasteiger partial charge on any atom is 0.333 e. The van der Waals surface area contributed by atoms with Gasteiger partial charge in [-0.2, -0.15) is 8.42 Å². The van der Waals surface area contributed by atoms with E-state index < -0.39 is 10.3 Å². The van der Waals surface area contributed by atoms with Crippen molar-refractivity contribution in [1.29, 1.82) is 0 Å². The lowest BCUT2D eigenvalue weighted by Crippen LogP contribution is -2.19. The van der Waals surface area contributed by atoms with E-state index in [1.807, 2.05) is 19.1 Å². The maximum atomic E-state index is 10.4. The Morgan fingerprint density at radius 1 is 1.20 bits per heavy atom. The van der Waals surface area contributed by atoms with Crippen molar-refractivity contribution in [1.82, 2.24) is 0 Å². The summed E-state index contributed by atoms with van der Waals surface area (Å²) in [5.74, 6) is 0.665. The molecule has 15 heavy (non-hydrogen) atoms. The zero-order chi connectivity index (χ0) is 11.3. The molecular formula is C9H13NO4S. The van der Waals surface area contributed by atoms with Gasteiger partial charge in [-0.3, -0.25) is 4.18 Å². The van der Waals surface area contributed by atoms with Gasteiger partial charge in [0.25, 0.3) is 0 Å². The predicted molar refractivity (Wildman–Crippen MR) is 55.7 cm³/mol. The Hall–Kier alpha value is -1.11. The maximum absolute atomic E-state index is 10.4. The molecule has 6 heteroatoms. The predicted octanol–water partition coefficient (Wildman–Crippen LogP) is 0.594. The van der Waals surface area contributed by atoms with Gasteiger partial charge < -0.3 is 4.74 Å². The Kier molecular flexibility index (Phi) is 4.07. The lowest BCUT2D eigenvalue weighted by Gasteiger charge is -2.05. The van der Waals surface area contributed by atoms with Crippen LogP contribution in [0.3, 0.4) is 0 Å². The van der Waals surface area contributed by atoms with Gasteiger partial charge in [0.2, 0.25) is 0 Å². The number of rotatable bonds is 5. The fourth-order valence-electron chi connectivity index (χ4n) is 0.944. The second kappa shape index (κ2) is 5.11. The van der Waals surface area contributed by atoms with Gasteiger partial charge in [0, 0.05) is 0 Å².